The molecule has 1 saturated heterocycles. The predicted octanol–water partition coefficient (Wildman–Crippen LogP) is 4.17. The Morgan fingerprint density at radius 2 is 1.70 bits per heavy atom. The molecule has 0 atom stereocenters. The zero-order valence-electron chi connectivity index (χ0n) is 17.3. The first kappa shape index (κ1) is 20.9. The third-order valence-electron chi connectivity index (χ3n) is 5.63. The number of aryl methyl sites for hydroxylation is 2. The van der Waals surface area contributed by atoms with Gasteiger partial charge in [0.05, 0.1) is 0 Å². The number of carbonyl (C=O) groups excluding carboxylic acids is 1. The van der Waals surface area contributed by atoms with Crippen molar-refractivity contribution in [1.29, 1.82) is 0 Å². The second-order valence-electron chi connectivity index (χ2n) is 7.75. The van der Waals surface area contributed by atoms with Gasteiger partial charge < -0.3 is 10.2 Å². The van der Waals surface area contributed by atoms with E-state index in [0.717, 1.165) is 59.0 Å². The first-order valence-electron chi connectivity index (χ1n) is 10.3. The Hall–Kier alpha value is -2.38. The van der Waals surface area contributed by atoms with Crippen molar-refractivity contribution in [2.75, 3.05) is 24.5 Å². The molecule has 158 valence electrons. The number of hydrogen-bond donors (Lipinski definition) is 1. The average molecular weight is 444 g/mol. The van der Waals surface area contributed by atoms with E-state index in [1.54, 1.807) is 11.3 Å². The van der Waals surface area contributed by atoms with Crippen LogP contribution in [0, 0.1) is 19.8 Å². The minimum atomic E-state index is 0.0628. The van der Waals surface area contributed by atoms with E-state index in [2.05, 4.69) is 51.0 Å². The van der Waals surface area contributed by atoms with Crippen LogP contribution in [0.25, 0.3) is 5.13 Å². The van der Waals surface area contributed by atoms with Gasteiger partial charge >= 0.3 is 0 Å². The quantitative estimate of drug-likeness (QED) is 0.620. The topological polar surface area (TPSA) is 63.1 Å². The fourth-order valence-electron chi connectivity index (χ4n) is 3.85. The van der Waals surface area contributed by atoms with Gasteiger partial charge in [0, 0.05) is 42.0 Å². The molecule has 6 nitrogen and oxygen atoms in total. The molecule has 4 rings (SSSR count). The number of nitrogens with one attached hydrogen (secondary N) is 1. The van der Waals surface area contributed by atoms with E-state index in [-0.39, 0.29) is 11.8 Å². The lowest BCUT2D eigenvalue weighted by Gasteiger charge is -2.30. The van der Waals surface area contributed by atoms with Crippen molar-refractivity contribution in [1.82, 2.24) is 20.1 Å². The van der Waals surface area contributed by atoms with Gasteiger partial charge in [0.25, 0.3) is 0 Å². The molecular weight excluding hydrogens is 418 g/mol. The van der Waals surface area contributed by atoms with Crippen LogP contribution in [-0.2, 0) is 11.2 Å². The molecule has 3 heterocycles. The lowest BCUT2D eigenvalue weighted by atomic mass is 9.96. The van der Waals surface area contributed by atoms with E-state index in [9.17, 15) is 4.79 Å². The average Bonchev–Trinajstić information content (AvgIpc) is 3.36. The number of piperidine rings is 1. The zero-order valence-corrected chi connectivity index (χ0v) is 18.8. The van der Waals surface area contributed by atoms with Gasteiger partial charge in [-0.1, -0.05) is 35.1 Å². The Kier molecular flexibility index (Phi) is 6.39. The standard InChI is InChI=1S/C22H26ClN5OS/c1-15-3-4-16(2)28(15)22-26-25-21(30-22)27-13-10-18(11-14-27)20(29)24-12-9-17-5-7-19(23)8-6-17/h3-8,18H,9-14H2,1-2H3,(H,24,29). The minimum absolute atomic E-state index is 0.0628. The van der Waals surface area contributed by atoms with Crippen molar-refractivity contribution in [3.05, 3.63) is 58.4 Å². The van der Waals surface area contributed by atoms with Crippen molar-refractivity contribution >= 4 is 34.0 Å². The molecule has 1 fully saturated rings. The zero-order chi connectivity index (χ0) is 21.1. The summed E-state index contributed by atoms with van der Waals surface area (Å²) >= 11 is 7.52. The van der Waals surface area contributed by atoms with Gasteiger partial charge in [0.2, 0.25) is 16.2 Å². The first-order chi connectivity index (χ1) is 14.5. The second kappa shape index (κ2) is 9.18. The highest BCUT2D eigenvalue weighted by Gasteiger charge is 2.26. The molecule has 2 aromatic heterocycles. The van der Waals surface area contributed by atoms with Gasteiger partial charge in [-0.3, -0.25) is 9.36 Å². The molecule has 30 heavy (non-hydrogen) atoms. The predicted molar refractivity (Wildman–Crippen MR) is 122 cm³/mol. The number of aromatic nitrogens is 3. The summed E-state index contributed by atoms with van der Waals surface area (Å²) < 4.78 is 2.13. The normalized spacial score (nSPS) is 14.8. The third-order valence-corrected chi connectivity index (χ3v) is 6.85. The molecule has 0 radical (unpaired) electrons. The monoisotopic (exact) mass is 443 g/mol. The number of benzene rings is 1. The molecule has 1 N–H and O–H groups in total. The molecule has 0 spiro atoms. The van der Waals surface area contributed by atoms with Gasteiger partial charge in [-0.05, 0) is 62.9 Å². The van der Waals surface area contributed by atoms with Crippen LogP contribution in [0.1, 0.15) is 29.8 Å². The molecule has 1 aromatic carbocycles. The molecule has 3 aromatic rings. The van der Waals surface area contributed by atoms with E-state index in [1.807, 2.05) is 24.3 Å². The SMILES string of the molecule is Cc1ccc(C)n1-c1nnc(N2CCC(C(=O)NCCc3ccc(Cl)cc3)CC2)s1. The second-order valence-corrected chi connectivity index (χ2v) is 9.12. The fourth-order valence-corrected chi connectivity index (χ4v) is 5.00. The van der Waals surface area contributed by atoms with Gasteiger partial charge in [0.1, 0.15) is 0 Å². The van der Waals surface area contributed by atoms with Gasteiger partial charge in [-0.15, -0.1) is 10.2 Å². The largest absolute Gasteiger partial charge is 0.356 e. The molecule has 1 amide bonds. The van der Waals surface area contributed by atoms with Crippen LogP contribution in [0.5, 0.6) is 0 Å². The summed E-state index contributed by atoms with van der Waals surface area (Å²) in [6.45, 7) is 6.45. The molecule has 0 saturated carbocycles. The highest BCUT2D eigenvalue weighted by atomic mass is 35.5. The molecule has 0 aliphatic carbocycles. The van der Waals surface area contributed by atoms with E-state index in [1.165, 1.54) is 5.56 Å². The first-order valence-corrected chi connectivity index (χ1v) is 11.5. The number of halogens is 1. The number of nitrogens with zero attached hydrogens (tertiary/aromatic N) is 4. The van der Waals surface area contributed by atoms with Gasteiger partial charge in [-0.25, -0.2) is 0 Å². The number of anilines is 1. The highest BCUT2D eigenvalue weighted by Crippen LogP contribution is 2.29. The van der Waals surface area contributed by atoms with Crippen LogP contribution in [0.4, 0.5) is 5.13 Å². The third kappa shape index (κ3) is 4.68. The van der Waals surface area contributed by atoms with Crippen LogP contribution >= 0.6 is 22.9 Å². The van der Waals surface area contributed by atoms with E-state index < -0.39 is 0 Å². The fraction of sp³-hybridized carbons (Fsp3) is 0.409. The van der Waals surface area contributed by atoms with Crippen LogP contribution in [0.15, 0.2) is 36.4 Å². The Morgan fingerprint density at radius 1 is 1.07 bits per heavy atom. The summed E-state index contributed by atoms with van der Waals surface area (Å²) in [5.41, 5.74) is 3.49. The highest BCUT2D eigenvalue weighted by molar-refractivity contribution is 7.17. The summed E-state index contributed by atoms with van der Waals surface area (Å²) in [4.78, 5) is 14.8. The van der Waals surface area contributed by atoms with Crippen molar-refractivity contribution in [3.63, 3.8) is 0 Å². The summed E-state index contributed by atoms with van der Waals surface area (Å²) in [5.74, 6) is 0.216. The number of carbonyl (C=O) groups is 1. The smallest absolute Gasteiger partial charge is 0.223 e. The maximum Gasteiger partial charge on any atom is 0.223 e. The van der Waals surface area contributed by atoms with Gasteiger partial charge in [-0.2, -0.15) is 0 Å². The number of hydrogen-bond acceptors (Lipinski definition) is 5. The molecule has 1 aliphatic heterocycles. The van der Waals surface area contributed by atoms with Crippen LogP contribution < -0.4 is 10.2 Å². The summed E-state index contributed by atoms with van der Waals surface area (Å²) in [6.07, 6.45) is 2.49. The Morgan fingerprint density at radius 3 is 2.37 bits per heavy atom. The van der Waals surface area contributed by atoms with Crippen LogP contribution in [0.3, 0.4) is 0 Å². The molecular formula is C22H26ClN5OS. The minimum Gasteiger partial charge on any atom is -0.356 e. The maximum absolute atomic E-state index is 12.5. The summed E-state index contributed by atoms with van der Waals surface area (Å²) in [6, 6.07) is 11.9. The van der Waals surface area contributed by atoms with Crippen molar-refractivity contribution in [2.45, 2.75) is 33.1 Å². The van der Waals surface area contributed by atoms with E-state index in [4.69, 9.17) is 11.6 Å². The molecule has 0 bridgehead atoms. The van der Waals surface area contributed by atoms with Crippen molar-refractivity contribution < 1.29 is 4.79 Å². The summed E-state index contributed by atoms with van der Waals surface area (Å²) in [7, 11) is 0. The van der Waals surface area contributed by atoms with Crippen molar-refractivity contribution in [3.8, 4) is 5.13 Å². The van der Waals surface area contributed by atoms with Gasteiger partial charge in [0.15, 0.2) is 0 Å². The number of amides is 1. The van der Waals surface area contributed by atoms with Crippen LogP contribution in [-0.4, -0.2) is 40.3 Å². The molecule has 1 aliphatic rings. The van der Waals surface area contributed by atoms with E-state index >= 15 is 0 Å². The lowest BCUT2D eigenvalue weighted by Crippen LogP contribution is -2.41. The van der Waals surface area contributed by atoms with Crippen LogP contribution in [0.2, 0.25) is 5.02 Å². The van der Waals surface area contributed by atoms with E-state index in [0.29, 0.717) is 6.54 Å². The number of rotatable bonds is 6. The molecule has 8 heteroatoms. The maximum atomic E-state index is 12.5. The lowest BCUT2D eigenvalue weighted by molar-refractivity contribution is -0.125. The summed E-state index contributed by atoms with van der Waals surface area (Å²) in [5, 5.41) is 14.4. The Balaban J connectivity index is 1.26. The van der Waals surface area contributed by atoms with Crippen molar-refractivity contribution in [2.24, 2.45) is 5.92 Å². The Labute approximate surface area is 185 Å². The molecule has 0 unspecified atom stereocenters. The Bertz CT molecular complexity index is 985.